The van der Waals surface area contributed by atoms with Gasteiger partial charge in [0, 0.05) is 25.7 Å². The van der Waals surface area contributed by atoms with Crippen LogP contribution >= 0.6 is 0 Å². The number of aromatic nitrogens is 2. The monoisotopic (exact) mass is 465 g/mol. The van der Waals surface area contributed by atoms with Gasteiger partial charge in [-0.2, -0.15) is 0 Å². The number of nitrogens with zero attached hydrogens (tertiary/aromatic N) is 4. The number of pyridine rings is 1. The van der Waals surface area contributed by atoms with Crippen LogP contribution in [0.4, 0.5) is 10.6 Å². The SMILES string of the molecule is CCCCCCN1C(=O)NC(=O)[C@]2(Cc3c(nc4ccccn4c3=O)N3CCCCC[C@H]32)C1=O. The highest BCUT2D eigenvalue weighted by atomic mass is 16.2. The number of nitrogens with one attached hydrogen (secondary N) is 1. The standard InChI is InChI=1S/C25H31N5O4/c1-2-3-4-8-15-30-23(33)25(22(32)27-24(30)34)16-17-20(28-13-9-5-6-11-18(25)28)26-19-12-7-10-14-29(19)21(17)31/h7,10,12,14,18H,2-6,8-9,11,13,15-16H2,1H3,(H,27,32,34)/t18-,25+/m0/s1. The minimum absolute atomic E-state index is 0.0451. The van der Waals surface area contributed by atoms with Crippen molar-refractivity contribution in [3.8, 4) is 0 Å². The van der Waals surface area contributed by atoms with Crippen molar-refractivity contribution in [2.45, 2.75) is 70.8 Å². The van der Waals surface area contributed by atoms with Crippen LogP contribution in [0.1, 0.15) is 63.9 Å². The van der Waals surface area contributed by atoms with Crippen molar-refractivity contribution in [1.29, 1.82) is 0 Å². The Hall–Kier alpha value is -3.23. The van der Waals surface area contributed by atoms with Crippen molar-refractivity contribution in [3.63, 3.8) is 0 Å². The largest absolute Gasteiger partial charge is 0.352 e. The maximum Gasteiger partial charge on any atom is 0.330 e. The van der Waals surface area contributed by atoms with Crippen LogP contribution in [-0.4, -0.2) is 51.3 Å². The molecule has 34 heavy (non-hydrogen) atoms. The van der Waals surface area contributed by atoms with E-state index in [1.165, 1.54) is 9.30 Å². The molecule has 2 aromatic rings. The fourth-order valence-corrected chi connectivity index (χ4v) is 5.83. The van der Waals surface area contributed by atoms with Crippen LogP contribution in [0.3, 0.4) is 0 Å². The highest BCUT2D eigenvalue weighted by Gasteiger charge is 2.62. The summed E-state index contributed by atoms with van der Waals surface area (Å²) in [7, 11) is 0. The highest BCUT2D eigenvalue weighted by molar-refractivity contribution is 6.20. The topological polar surface area (TPSA) is 104 Å². The second-order valence-electron chi connectivity index (χ2n) is 9.63. The third-order valence-electron chi connectivity index (χ3n) is 7.59. The molecular weight excluding hydrogens is 434 g/mol. The maximum atomic E-state index is 14.0. The van der Waals surface area contributed by atoms with Crippen LogP contribution in [0.5, 0.6) is 0 Å². The average molecular weight is 466 g/mol. The van der Waals surface area contributed by atoms with Crippen LogP contribution in [0, 0.1) is 5.41 Å². The lowest BCUT2D eigenvalue weighted by molar-refractivity contribution is -0.153. The molecule has 0 bridgehead atoms. The molecule has 2 saturated heterocycles. The van der Waals surface area contributed by atoms with E-state index in [9.17, 15) is 19.2 Å². The van der Waals surface area contributed by atoms with Gasteiger partial charge in [-0.15, -0.1) is 0 Å². The van der Waals surface area contributed by atoms with Gasteiger partial charge in [0.2, 0.25) is 11.8 Å². The van der Waals surface area contributed by atoms with Gasteiger partial charge in [0.25, 0.3) is 5.56 Å². The summed E-state index contributed by atoms with van der Waals surface area (Å²) in [6.07, 6.45) is 8.63. The number of rotatable bonds is 5. The fraction of sp³-hybridized carbons (Fsp3) is 0.560. The molecule has 0 radical (unpaired) electrons. The number of fused-ring (bicyclic) bond motifs is 5. The molecule has 0 aromatic carbocycles. The van der Waals surface area contributed by atoms with Gasteiger partial charge >= 0.3 is 6.03 Å². The second kappa shape index (κ2) is 8.85. The van der Waals surface area contributed by atoms with E-state index in [1.54, 1.807) is 18.3 Å². The molecule has 9 nitrogen and oxygen atoms in total. The van der Waals surface area contributed by atoms with E-state index in [2.05, 4.69) is 12.2 Å². The minimum Gasteiger partial charge on any atom is -0.352 e. The molecule has 3 aliphatic heterocycles. The van der Waals surface area contributed by atoms with E-state index in [4.69, 9.17) is 4.98 Å². The number of amides is 4. The van der Waals surface area contributed by atoms with E-state index < -0.39 is 29.3 Å². The molecule has 2 fully saturated rings. The lowest BCUT2D eigenvalue weighted by Crippen LogP contribution is -2.72. The lowest BCUT2D eigenvalue weighted by atomic mass is 9.68. The van der Waals surface area contributed by atoms with Crippen LogP contribution < -0.4 is 15.8 Å². The second-order valence-corrected chi connectivity index (χ2v) is 9.63. The van der Waals surface area contributed by atoms with Gasteiger partial charge in [0.1, 0.15) is 11.5 Å². The first-order valence-corrected chi connectivity index (χ1v) is 12.4. The third-order valence-corrected chi connectivity index (χ3v) is 7.59. The molecular formula is C25H31N5O4. The van der Waals surface area contributed by atoms with Gasteiger partial charge in [-0.25, -0.2) is 9.78 Å². The van der Waals surface area contributed by atoms with Gasteiger partial charge in [-0.1, -0.05) is 45.1 Å². The van der Waals surface area contributed by atoms with Crippen LogP contribution in [-0.2, 0) is 16.0 Å². The summed E-state index contributed by atoms with van der Waals surface area (Å²) >= 11 is 0. The van der Waals surface area contributed by atoms with Crippen molar-refractivity contribution in [2.75, 3.05) is 18.0 Å². The predicted octanol–water partition coefficient (Wildman–Crippen LogP) is 2.64. The van der Waals surface area contributed by atoms with E-state index in [0.29, 0.717) is 36.4 Å². The van der Waals surface area contributed by atoms with Crippen molar-refractivity contribution >= 4 is 29.3 Å². The molecule has 0 saturated carbocycles. The Bertz CT molecular complexity index is 1210. The van der Waals surface area contributed by atoms with Gasteiger partial charge in [-0.05, 0) is 31.4 Å². The molecule has 1 spiro atoms. The molecule has 2 aromatic heterocycles. The highest BCUT2D eigenvalue weighted by Crippen LogP contribution is 2.45. The summed E-state index contributed by atoms with van der Waals surface area (Å²) in [4.78, 5) is 61.8. The molecule has 9 heteroatoms. The Labute approximate surface area is 198 Å². The summed E-state index contributed by atoms with van der Waals surface area (Å²) in [6, 6.07) is 4.27. The lowest BCUT2D eigenvalue weighted by Gasteiger charge is -2.50. The fourth-order valence-electron chi connectivity index (χ4n) is 5.83. The number of carbonyl (C=O) groups excluding carboxylic acids is 3. The molecule has 5 heterocycles. The molecule has 2 atom stereocenters. The summed E-state index contributed by atoms with van der Waals surface area (Å²) < 4.78 is 1.46. The zero-order chi connectivity index (χ0) is 23.9. The van der Waals surface area contributed by atoms with Crippen molar-refractivity contribution in [1.82, 2.24) is 19.6 Å². The zero-order valence-corrected chi connectivity index (χ0v) is 19.6. The van der Waals surface area contributed by atoms with Gasteiger partial charge in [-0.3, -0.25) is 29.0 Å². The summed E-state index contributed by atoms with van der Waals surface area (Å²) in [5, 5.41) is 2.47. The van der Waals surface area contributed by atoms with E-state index in [-0.39, 0.29) is 18.5 Å². The quantitative estimate of drug-likeness (QED) is 0.538. The van der Waals surface area contributed by atoms with Crippen molar-refractivity contribution < 1.29 is 14.4 Å². The summed E-state index contributed by atoms with van der Waals surface area (Å²) in [5.41, 5.74) is -0.877. The van der Waals surface area contributed by atoms with Gasteiger partial charge in [0.05, 0.1) is 11.6 Å². The Morgan fingerprint density at radius 1 is 1.09 bits per heavy atom. The number of imide groups is 2. The van der Waals surface area contributed by atoms with E-state index >= 15 is 0 Å². The molecule has 5 rings (SSSR count). The summed E-state index contributed by atoms with van der Waals surface area (Å²) in [5.74, 6) is -0.494. The Morgan fingerprint density at radius 2 is 1.94 bits per heavy atom. The number of unbranched alkanes of at least 4 members (excludes halogenated alkanes) is 3. The summed E-state index contributed by atoms with van der Waals surface area (Å²) in [6.45, 7) is 2.98. The normalized spacial score (nSPS) is 24.7. The number of hydrogen-bond acceptors (Lipinski definition) is 6. The van der Waals surface area contributed by atoms with Crippen LogP contribution in [0.25, 0.3) is 5.65 Å². The Balaban J connectivity index is 1.63. The Kier molecular flexibility index (Phi) is 5.87. The zero-order valence-electron chi connectivity index (χ0n) is 19.6. The molecule has 4 amide bonds. The number of carbonyl (C=O) groups is 3. The average Bonchev–Trinajstić information content (AvgIpc) is 3.10. The number of barbiturate groups is 1. The van der Waals surface area contributed by atoms with Crippen LogP contribution in [0.15, 0.2) is 29.2 Å². The van der Waals surface area contributed by atoms with Crippen LogP contribution in [0.2, 0.25) is 0 Å². The van der Waals surface area contributed by atoms with Crippen molar-refractivity contribution in [2.24, 2.45) is 5.41 Å². The Morgan fingerprint density at radius 3 is 2.76 bits per heavy atom. The first kappa shape index (κ1) is 22.6. The number of hydrogen-bond donors (Lipinski definition) is 1. The third kappa shape index (κ3) is 3.40. The molecule has 0 unspecified atom stereocenters. The molecule has 180 valence electrons. The number of anilines is 1. The molecule has 0 aliphatic carbocycles. The molecule has 1 N–H and O–H groups in total. The predicted molar refractivity (Wildman–Crippen MR) is 127 cm³/mol. The molecule has 3 aliphatic rings. The maximum absolute atomic E-state index is 14.0. The first-order valence-electron chi connectivity index (χ1n) is 12.4. The van der Waals surface area contributed by atoms with Gasteiger partial charge in [0.15, 0.2) is 5.41 Å². The van der Waals surface area contributed by atoms with E-state index in [1.807, 2.05) is 11.0 Å². The number of urea groups is 1. The van der Waals surface area contributed by atoms with Gasteiger partial charge < -0.3 is 4.90 Å². The minimum atomic E-state index is -1.51. The van der Waals surface area contributed by atoms with Crippen molar-refractivity contribution in [3.05, 3.63) is 40.3 Å². The first-order chi connectivity index (χ1) is 16.5. The van der Waals surface area contributed by atoms with E-state index in [0.717, 1.165) is 38.5 Å². The smallest absolute Gasteiger partial charge is 0.330 e.